The molecule has 2 aromatic rings. The van der Waals surface area contributed by atoms with Crippen molar-refractivity contribution in [2.24, 2.45) is 0 Å². The predicted molar refractivity (Wildman–Crippen MR) is 74.3 cm³/mol. The summed E-state index contributed by atoms with van der Waals surface area (Å²) in [5, 5.41) is 0. The van der Waals surface area contributed by atoms with E-state index < -0.39 is 10.0 Å². The number of hydrogen-bond donors (Lipinski definition) is 0. The van der Waals surface area contributed by atoms with Gasteiger partial charge in [-0.3, -0.25) is 0 Å². The molecule has 0 N–H and O–H groups in total. The number of benzene rings is 1. The summed E-state index contributed by atoms with van der Waals surface area (Å²) >= 11 is 3.24. The van der Waals surface area contributed by atoms with Gasteiger partial charge < -0.3 is 9.47 Å². The van der Waals surface area contributed by atoms with Crippen LogP contribution in [-0.4, -0.2) is 26.6 Å². The summed E-state index contributed by atoms with van der Waals surface area (Å²) in [6, 6.07) is 6.28. The molecule has 0 aliphatic rings. The first-order valence-corrected chi connectivity index (χ1v) is 7.54. The highest BCUT2D eigenvalue weighted by Crippen LogP contribution is 2.36. The summed E-state index contributed by atoms with van der Waals surface area (Å²) in [6.07, 6.45) is 2.94. The topological polar surface area (TPSA) is 57.5 Å². The molecule has 0 unspecified atom stereocenters. The van der Waals surface area contributed by atoms with Gasteiger partial charge in [-0.15, -0.1) is 0 Å². The average molecular weight is 346 g/mol. The molecule has 1 heterocycles. The first kappa shape index (κ1) is 14.0. The van der Waals surface area contributed by atoms with Crippen LogP contribution in [0.2, 0.25) is 0 Å². The zero-order chi connectivity index (χ0) is 14.0. The number of hydrogen-bond acceptors (Lipinski definition) is 4. The Labute approximate surface area is 119 Å². The second kappa shape index (κ2) is 5.26. The summed E-state index contributed by atoms with van der Waals surface area (Å²) in [5.74, 6) is 0.817. The molecular weight excluding hydrogens is 334 g/mol. The lowest BCUT2D eigenvalue weighted by Gasteiger charge is -2.12. The molecule has 0 aliphatic heterocycles. The molecule has 0 amide bonds. The fraction of sp³-hybridized carbons (Fsp3) is 0.167. The quantitative estimate of drug-likeness (QED) is 0.854. The molecule has 7 heteroatoms. The van der Waals surface area contributed by atoms with Crippen LogP contribution in [0.15, 0.2) is 46.0 Å². The van der Waals surface area contributed by atoms with Crippen LogP contribution >= 0.6 is 15.9 Å². The maximum absolute atomic E-state index is 12.4. The Morgan fingerprint density at radius 3 is 2.11 bits per heavy atom. The van der Waals surface area contributed by atoms with E-state index in [0.717, 1.165) is 3.97 Å². The molecule has 0 fully saturated rings. The van der Waals surface area contributed by atoms with Gasteiger partial charge in [-0.25, -0.2) is 12.4 Å². The number of nitrogens with zero attached hydrogens (tertiary/aromatic N) is 1. The van der Waals surface area contributed by atoms with E-state index in [9.17, 15) is 8.42 Å². The van der Waals surface area contributed by atoms with Crippen molar-refractivity contribution < 1.29 is 17.9 Å². The van der Waals surface area contributed by atoms with Crippen LogP contribution in [0.5, 0.6) is 11.5 Å². The lowest BCUT2D eigenvalue weighted by Crippen LogP contribution is -2.11. The Hall–Kier alpha value is -1.47. The van der Waals surface area contributed by atoms with E-state index in [1.54, 1.807) is 18.2 Å². The van der Waals surface area contributed by atoms with Gasteiger partial charge in [0.1, 0.15) is 4.90 Å². The van der Waals surface area contributed by atoms with E-state index in [1.807, 2.05) is 0 Å². The summed E-state index contributed by atoms with van der Waals surface area (Å²) in [7, 11) is -0.703. The van der Waals surface area contributed by atoms with E-state index in [-0.39, 0.29) is 4.90 Å². The fourth-order valence-electron chi connectivity index (χ4n) is 1.63. The smallest absolute Gasteiger partial charge is 0.268 e. The number of ether oxygens (including phenoxy) is 2. The molecular formula is C12H12BrNO4S. The Bertz CT molecular complexity index is 680. The van der Waals surface area contributed by atoms with Gasteiger partial charge >= 0.3 is 0 Å². The van der Waals surface area contributed by atoms with Crippen molar-refractivity contribution in [2.75, 3.05) is 14.2 Å². The second-order valence-electron chi connectivity index (χ2n) is 3.66. The molecule has 2 rings (SSSR count). The zero-order valence-electron chi connectivity index (χ0n) is 10.3. The normalized spacial score (nSPS) is 11.3. The Kier molecular flexibility index (Phi) is 3.86. The Balaban J connectivity index is 2.64. The molecule has 0 saturated heterocycles. The lowest BCUT2D eigenvalue weighted by atomic mass is 10.3. The number of methoxy groups -OCH3 is 2. The minimum Gasteiger partial charge on any atom is -0.493 e. The van der Waals surface area contributed by atoms with Crippen LogP contribution in [0.4, 0.5) is 0 Å². The van der Waals surface area contributed by atoms with Gasteiger partial charge in [-0.2, -0.15) is 0 Å². The third-order valence-corrected chi connectivity index (χ3v) is 5.18. The van der Waals surface area contributed by atoms with Gasteiger partial charge in [0, 0.05) is 22.9 Å². The van der Waals surface area contributed by atoms with E-state index in [4.69, 9.17) is 9.47 Å². The van der Waals surface area contributed by atoms with E-state index in [0.29, 0.717) is 16.0 Å². The van der Waals surface area contributed by atoms with Crippen LogP contribution in [0.3, 0.4) is 0 Å². The van der Waals surface area contributed by atoms with Crippen molar-refractivity contribution in [3.8, 4) is 11.5 Å². The van der Waals surface area contributed by atoms with Crippen LogP contribution in [0, 0.1) is 0 Å². The standard InChI is InChI=1S/C12H12BrNO4S/c1-17-10-7-9(13)12(8-11(10)18-2)19(15,16)14-5-3-4-6-14/h3-8H,1-2H3. The van der Waals surface area contributed by atoms with Crippen molar-refractivity contribution in [3.05, 3.63) is 41.1 Å². The Morgan fingerprint density at radius 2 is 1.58 bits per heavy atom. The molecule has 0 saturated carbocycles. The highest BCUT2D eigenvalue weighted by molar-refractivity contribution is 9.10. The van der Waals surface area contributed by atoms with Crippen LogP contribution in [0.25, 0.3) is 0 Å². The maximum Gasteiger partial charge on any atom is 0.268 e. The third kappa shape index (κ3) is 2.48. The fourth-order valence-corrected chi connectivity index (χ4v) is 3.81. The van der Waals surface area contributed by atoms with Gasteiger partial charge in [0.05, 0.1) is 14.2 Å². The van der Waals surface area contributed by atoms with Gasteiger partial charge in [0.25, 0.3) is 10.0 Å². The Morgan fingerprint density at radius 1 is 1.05 bits per heavy atom. The molecule has 0 bridgehead atoms. The van der Waals surface area contributed by atoms with Crippen LogP contribution in [-0.2, 0) is 10.0 Å². The number of aromatic nitrogens is 1. The zero-order valence-corrected chi connectivity index (χ0v) is 12.7. The monoisotopic (exact) mass is 345 g/mol. The summed E-state index contributed by atoms with van der Waals surface area (Å²) in [5.41, 5.74) is 0. The third-order valence-electron chi connectivity index (χ3n) is 2.57. The van der Waals surface area contributed by atoms with Gasteiger partial charge in [0.15, 0.2) is 11.5 Å². The molecule has 102 valence electrons. The van der Waals surface area contributed by atoms with Gasteiger partial charge in [-0.05, 0) is 34.1 Å². The predicted octanol–water partition coefficient (Wildman–Crippen LogP) is 2.50. The summed E-state index contributed by atoms with van der Waals surface area (Å²) < 4.78 is 36.6. The van der Waals surface area contributed by atoms with Crippen LogP contribution < -0.4 is 9.47 Å². The largest absolute Gasteiger partial charge is 0.493 e. The molecule has 0 spiro atoms. The van der Waals surface area contributed by atoms with E-state index >= 15 is 0 Å². The maximum atomic E-state index is 12.4. The SMILES string of the molecule is COc1cc(Br)c(S(=O)(=O)n2cccc2)cc1OC. The molecule has 0 atom stereocenters. The van der Waals surface area contributed by atoms with E-state index in [1.165, 1.54) is 32.7 Å². The average Bonchev–Trinajstić information content (AvgIpc) is 2.92. The molecule has 1 aromatic heterocycles. The van der Waals surface area contributed by atoms with Gasteiger partial charge in [-0.1, -0.05) is 0 Å². The minimum absolute atomic E-state index is 0.112. The number of rotatable bonds is 4. The van der Waals surface area contributed by atoms with Crippen molar-refractivity contribution in [1.82, 2.24) is 3.97 Å². The number of halogens is 1. The summed E-state index contributed by atoms with van der Waals surface area (Å²) in [4.78, 5) is 0.112. The van der Waals surface area contributed by atoms with Gasteiger partial charge in [0.2, 0.25) is 0 Å². The van der Waals surface area contributed by atoms with Crippen molar-refractivity contribution in [1.29, 1.82) is 0 Å². The molecule has 5 nitrogen and oxygen atoms in total. The van der Waals surface area contributed by atoms with Crippen molar-refractivity contribution >= 4 is 26.0 Å². The van der Waals surface area contributed by atoms with Crippen molar-refractivity contribution in [2.45, 2.75) is 4.90 Å². The second-order valence-corrected chi connectivity index (χ2v) is 6.32. The molecule has 1 aromatic carbocycles. The highest BCUT2D eigenvalue weighted by atomic mass is 79.9. The highest BCUT2D eigenvalue weighted by Gasteiger charge is 2.22. The van der Waals surface area contributed by atoms with Crippen LogP contribution in [0.1, 0.15) is 0 Å². The van der Waals surface area contributed by atoms with E-state index in [2.05, 4.69) is 15.9 Å². The molecule has 19 heavy (non-hydrogen) atoms. The lowest BCUT2D eigenvalue weighted by molar-refractivity contribution is 0.353. The first-order valence-electron chi connectivity index (χ1n) is 5.30. The van der Waals surface area contributed by atoms with Crippen molar-refractivity contribution in [3.63, 3.8) is 0 Å². The molecule has 0 aliphatic carbocycles. The molecule has 0 radical (unpaired) electrons. The first-order chi connectivity index (χ1) is 9.00. The summed E-state index contributed by atoms with van der Waals surface area (Å²) in [6.45, 7) is 0. The minimum atomic E-state index is -3.65.